The van der Waals surface area contributed by atoms with Gasteiger partial charge in [-0.1, -0.05) is 30.3 Å². The first-order valence-corrected chi connectivity index (χ1v) is 3.47. The molecule has 0 spiro atoms. The van der Waals surface area contributed by atoms with Gasteiger partial charge in [-0.3, -0.25) is 0 Å². The van der Waals surface area contributed by atoms with E-state index in [1.807, 2.05) is 18.2 Å². The number of hydrogen-bond donors (Lipinski definition) is 0. The Hall–Kier alpha value is -1.31. The molecule has 0 saturated heterocycles. The molecule has 0 heterocycles. The Labute approximate surface area is 65.5 Å². The Morgan fingerprint density at radius 3 is 2.27 bits per heavy atom. The largest absolute Gasteiger partial charge is 0.362 e. The van der Waals surface area contributed by atoms with Crippen LogP contribution in [0.1, 0.15) is 18.4 Å². The lowest BCUT2D eigenvalue weighted by atomic mass is 10.0. The fourth-order valence-corrected chi connectivity index (χ4v) is 0.878. The maximum atomic E-state index is 10.4. The van der Waals surface area contributed by atoms with E-state index in [0.29, 0.717) is 0 Å². The Balaban J connectivity index is 2.85. The highest BCUT2D eigenvalue weighted by molar-refractivity contribution is 5.74. The lowest BCUT2D eigenvalue weighted by Gasteiger charge is -2.02. The molecular formula is C9H9O2. The second-order valence-corrected chi connectivity index (χ2v) is 2.45. The number of carbonyl (C=O) groups is 1. The van der Waals surface area contributed by atoms with Gasteiger partial charge < -0.3 is 0 Å². The standard InChI is InChI=1S/C9H9O2/c1-7(9(10)11)8-5-3-2-4-6-8/h2-7H,1H3. The van der Waals surface area contributed by atoms with Gasteiger partial charge in [0.15, 0.2) is 0 Å². The fourth-order valence-electron chi connectivity index (χ4n) is 0.878. The van der Waals surface area contributed by atoms with Gasteiger partial charge in [0.25, 0.3) is 0 Å². The van der Waals surface area contributed by atoms with E-state index in [4.69, 9.17) is 0 Å². The molecule has 1 radical (unpaired) electrons. The molecule has 2 heteroatoms. The van der Waals surface area contributed by atoms with Crippen LogP contribution in [0.2, 0.25) is 0 Å². The van der Waals surface area contributed by atoms with E-state index in [1.54, 1.807) is 19.1 Å². The average Bonchev–Trinajstić information content (AvgIpc) is 2.05. The third kappa shape index (κ3) is 1.80. The van der Waals surface area contributed by atoms with Crippen molar-refractivity contribution in [2.75, 3.05) is 0 Å². The minimum absolute atomic E-state index is 0.517. The molecule has 0 aliphatic rings. The van der Waals surface area contributed by atoms with Crippen molar-refractivity contribution in [2.24, 2.45) is 0 Å². The normalized spacial score (nSPS) is 12.5. The van der Waals surface area contributed by atoms with Gasteiger partial charge in [0, 0.05) is 0 Å². The molecule has 0 aliphatic carbocycles. The summed E-state index contributed by atoms with van der Waals surface area (Å²) in [5.74, 6) is -1.55. The summed E-state index contributed by atoms with van der Waals surface area (Å²) in [6.45, 7) is 1.62. The van der Waals surface area contributed by atoms with Crippen LogP contribution in [-0.2, 0) is 9.90 Å². The van der Waals surface area contributed by atoms with Crippen molar-refractivity contribution >= 4 is 5.97 Å². The first kappa shape index (κ1) is 7.79. The van der Waals surface area contributed by atoms with E-state index in [1.165, 1.54) is 0 Å². The topological polar surface area (TPSA) is 37.0 Å². The zero-order valence-electron chi connectivity index (χ0n) is 6.28. The smallest absolute Gasteiger partial charge is 0.247 e. The molecule has 11 heavy (non-hydrogen) atoms. The second-order valence-electron chi connectivity index (χ2n) is 2.45. The van der Waals surface area contributed by atoms with Crippen molar-refractivity contribution in [3.8, 4) is 0 Å². The predicted octanol–water partition coefficient (Wildman–Crippen LogP) is 1.75. The number of hydrogen-bond acceptors (Lipinski definition) is 1. The van der Waals surface area contributed by atoms with Crippen LogP contribution < -0.4 is 0 Å². The lowest BCUT2D eigenvalue weighted by Crippen LogP contribution is -2.05. The van der Waals surface area contributed by atoms with Crippen LogP contribution in [0.4, 0.5) is 0 Å². The van der Waals surface area contributed by atoms with Gasteiger partial charge in [-0.25, -0.2) is 9.90 Å². The van der Waals surface area contributed by atoms with E-state index in [0.717, 1.165) is 5.56 Å². The van der Waals surface area contributed by atoms with Crippen LogP contribution in [0.5, 0.6) is 0 Å². The third-order valence-electron chi connectivity index (χ3n) is 1.65. The first-order chi connectivity index (χ1) is 5.22. The van der Waals surface area contributed by atoms with E-state index in [9.17, 15) is 9.90 Å². The summed E-state index contributed by atoms with van der Waals surface area (Å²) in [7, 11) is 0. The lowest BCUT2D eigenvalue weighted by molar-refractivity contribution is -0.144. The maximum Gasteiger partial charge on any atom is 0.362 e. The van der Waals surface area contributed by atoms with Crippen molar-refractivity contribution in [3.63, 3.8) is 0 Å². The summed E-state index contributed by atoms with van der Waals surface area (Å²) < 4.78 is 0. The summed E-state index contributed by atoms with van der Waals surface area (Å²) in [5, 5.41) is 10.4. The predicted molar refractivity (Wildman–Crippen MR) is 40.6 cm³/mol. The zero-order valence-corrected chi connectivity index (χ0v) is 6.28. The Morgan fingerprint density at radius 1 is 1.27 bits per heavy atom. The van der Waals surface area contributed by atoms with Crippen molar-refractivity contribution in [2.45, 2.75) is 12.8 Å². The van der Waals surface area contributed by atoms with E-state index in [-0.39, 0.29) is 0 Å². The molecule has 57 valence electrons. The highest BCUT2D eigenvalue weighted by Gasteiger charge is 2.14. The molecule has 1 aromatic rings. The molecule has 0 N–H and O–H groups in total. The van der Waals surface area contributed by atoms with Crippen molar-refractivity contribution < 1.29 is 9.90 Å². The SMILES string of the molecule is CC(C([O])=O)c1ccccc1. The van der Waals surface area contributed by atoms with Crippen LogP contribution in [0, 0.1) is 0 Å². The maximum absolute atomic E-state index is 10.4. The first-order valence-electron chi connectivity index (χ1n) is 3.47. The van der Waals surface area contributed by atoms with Gasteiger partial charge in [-0.15, -0.1) is 0 Å². The molecule has 0 saturated carbocycles. The monoisotopic (exact) mass is 149 g/mol. The number of carbonyl (C=O) groups excluding carboxylic acids is 1. The van der Waals surface area contributed by atoms with Gasteiger partial charge in [-0.05, 0) is 12.5 Å². The molecule has 1 rings (SSSR count). The average molecular weight is 149 g/mol. The highest BCUT2D eigenvalue weighted by Crippen LogP contribution is 2.13. The molecule has 0 aliphatic heterocycles. The van der Waals surface area contributed by atoms with Crippen molar-refractivity contribution in [3.05, 3.63) is 35.9 Å². The van der Waals surface area contributed by atoms with E-state index >= 15 is 0 Å². The number of rotatable bonds is 2. The highest BCUT2D eigenvalue weighted by atomic mass is 16.4. The minimum atomic E-state index is -1.03. The van der Waals surface area contributed by atoms with Crippen LogP contribution in [0.25, 0.3) is 0 Å². The van der Waals surface area contributed by atoms with Crippen LogP contribution >= 0.6 is 0 Å². The molecular weight excluding hydrogens is 140 g/mol. The summed E-state index contributed by atoms with van der Waals surface area (Å²) >= 11 is 0. The molecule has 0 bridgehead atoms. The van der Waals surface area contributed by atoms with Crippen LogP contribution in [0.15, 0.2) is 30.3 Å². The molecule has 1 aromatic carbocycles. The molecule has 0 fully saturated rings. The van der Waals surface area contributed by atoms with E-state index in [2.05, 4.69) is 0 Å². The Bertz CT molecular complexity index is 241. The van der Waals surface area contributed by atoms with Gasteiger partial charge in [0.2, 0.25) is 0 Å². The molecule has 1 atom stereocenters. The zero-order chi connectivity index (χ0) is 8.27. The Morgan fingerprint density at radius 2 is 1.82 bits per heavy atom. The van der Waals surface area contributed by atoms with Crippen LogP contribution in [-0.4, -0.2) is 5.97 Å². The summed E-state index contributed by atoms with van der Waals surface area (Å²) in [6, 6.07) is 9.04. The molecule has 0 aromatic heterocycles. The fraction of sp³-hybridized carbons (Fsp3) is 0.222. The Kier molecular flexibility index (Phi) is 2.26. The van der Waals surface area contributed by atoms with Gasteiger partial charge in [0.05, 0.1) is 5.92 Å². The summed E-state index contributed by atoms with van der Waals surface area (Å²) in [6.07, 6.45) is 0. The summed E-state index contributed by atoms with van der Waals surface area (Å²) in [4.78, 5) is 10.4. The second kappa shape index (κ2) is 3.19. The quantitative estimate of drug-likeness (QED) is 0.631. The third-order valence-corrected chi connectivity index (χ3v) is 1.65. The number of benzene rings is 1. The van der Waals surface area contributed by atoms with Crippen molar-refractivity contribution in [1.82, 2.24) is 0 Å². The van der Waals surface area contributed by atoms with Gasteiger partial charge in [-0.2, -0.15) is 0 Å². The van der Waals surface area contributed by atoms with Gasteiger partial charge >= 0.3 is 5.97 Å². The van der Waals surface area contributed by atoms with E-state index < -0.39 is 11.9 Å². The molecule has 0 amide bonds. The van der Waals surface area contributed by atoms with Crippen LogP contribution in [0.3, 0.4) is 0 Å². The molecule has 1 unspecified atom stereocenters. The molecule has 2 nitrogen and oxygen atoms in total. The van der Waals surface area contributed by atoms with Gasteiger partial charge in [0.1, 0.15) is 0 Å². The van der Waals surface area contributed by atoms with Crippen molar-refractivity contribution in [1.29, 1.82) is 0 Å². The minimum Gasteiger partial charge on any atom is -0.247 e. The summed E-state index contributed by atoms with van der Waals surface area (Å²) in [5.41, 5.74) is 0.785.